The Bertz CT molecular complexity index is 907. The number of benzene rings is 1. The number of rotatable bonds is 6. The van der Waals surface area contributed by atoms with E-state index in [2.05, 4.69) is 30.1 Å². The molecule has 1 aromatic heterocycles. The van der Waals surface area contributed by atoms with E-state index in [1.165, 1.54) is 5.56 Å². The zero-order chi connectivity index (χ0) is 21.1. The highest BCUT2D eigenvalue weighted by atomic mass is 16.6. The first-order valence-electron chi connectivity index (χ1n) is 10.9. The van der Waals surface area contributed by atoms with Gasteiger partial charge in [0.25, 0.3) is 5.89 Å². The van der Waals surface area contributed by atoms with Gasteiger partial charge in [-0.1, -0.05) is 50.0 Å². The number of nitrogens with zero attached hydrogens (tertiary/aromatic N) is 3. The van der Waals surface area contributed by atoms with Crippen LogP contribution in [-0.2, 0) is 33.8 Å². The van der Waals surface area contributed by atoms with Crippen molar-refractivity contribution in [3.8, 4) is 0 Å². The molecule has 30 heavy (non-hydrogen) atoms. The summed E-state index contributed by atoms with van der Waals surface area (Å²) in [6, 6.07) is 8.00. The van der Waals surface area contributed by atoms with Crippen LogP contribution >= 0.6 is 0 Å². The Labute approximate surface area is 176 Å². The molecular formula is C23H29N3O4. The number of amides is 1. The summed E-state index contributed by atoms with van der Waals surface area (Å²) in [4.78, 5) is 32.3. The van der Waals surface area contributed by atoms with E-state index in [4.69, 9.17) is 9.26 Å². The number of carbonyl (C=O) groups excluding carboxylic acids is 2. The van der Waals surface area contributed by atoms with Crippen molar-refractivity contribution in [1.82, 2.24) is 10.1 Å². The van der Waals surface area contributed by atoms with Gasteiger partial charge in [-0.25, -0.2) is 0 Å². The molecule has 7 nitrogen and oxygen atoms in total. The molecule has 2 aliphatic rings. The van der Waals surface area contributed by atoms with Crippen molar-refractivity contribution in [3.05, 3.63) is 41.5 Å². The minimum Gasteiger partial charge on any atom is -0.455 e. The summed E-state index contributed by atoms with van der Waals surface area (Å²) in [5.74, 6) is 0.278. The van der Waals surface area contributed by atoms with Gasteiger partial charge in [-0.3, -0.25) is 9.59 Å². The van der Waals surface area contributed by atoms with Crippen molar-refractivity contribution < 1.29 is 18.8 Å². The minimum atomic E-state index is -0.419. The van der Waals surface area contributed by atoms with E-state index in [9.17, 15) is 9.59 Å². The number of ether oxygens (including phenoxy) is 1. The lowest BCUT2D eigenvalue weighted by Crippen LogP contribution is -2.42. The molecule has 0 N–H and O–H groups in total. The van der Waals surface area contributed by atoms with Crippen LogP contribution in [0.5, 0.6) is 0 Å². The fourth-order valence-electron chi connectivity index (χ4n) is 4.51. The average Bonchev–Trinajstić information content (AvgIpc) is 3.38. The van der Waals surface area contributed by atoms with Gasteiger partial charge in [0.1, 0.15) is 0 Å². The van der Waals surface area contributed by atoms with Crippen LogP contribution in [-0.4, -0.2) is 28.6 Å². The number of aromatic nitrogens is 2. The topological polar surface area (TPSA) is 85.5 Å². The summed E-state index contributed by atoms with van der Waals surface area (Å²) >= 11 is 0. The number of hydrogen-bond acceptors (Lipinski definition) is 6. The first-order valence-corrected chi connectivity index (χ1v) is 10.9. The maximum Gasteiger partial charge on any atom is 0.310 e. The molecule has 0 bridgehead atoms. The maximum atomic E-state index is 13.3. The fraction of sp³-hybridized carbons (Fsp3) is 0.565. The summed E-state index contributed by atoms with van der Waals surface area (Å²) < 4.78 is 10.7. The molecule has 0 radical (unpaired) electrons. The number of carbonyl (C=O) groups is 2. The standard InChI is InChI=1S/C23H29N3O4/c1-15(2)13-20-24-21(30-25-20)14-29-23(28)18-9-5-4-8-17(18)22(27)26-12-11-16-7-3-6-10-19(16)26/h3,6-7,10,15,17-18H,4-5,8-9,11-14H2,1-2H3. The van der Waals surface area contributed by atoms with Crippen LogP contribution in [0.2, 0.25) is 0 Å². The van der Waals surface area contributed by atoms with Gasteiger partial charge in [-0.15, -0.1) is 0 Å². The molecule has 160 valence electrons. The van der Waals surface area contributed by atoms with Crippen LogP contribution in [0.25, 0.3) is 0 Å². The largest absolute Gasteiger partial charge is 0.455 e. The van der Waals surface area contributed by atoms with Gasteiger partial charge < -0.3 is 14.2 Å². The van der Waals surface area contributed by atoms with Gasteiger partial charge in [0.15, 0.2) is 12.4 Å². The number of para-hydroxylation sites is 1. The molecule has 7 heteroatoms. The molecule has 1 aliphatic carbocycles. The number of anilines is 1. The van der Waals surface area contributed by atoms with Crippen molar-refractivity contribution in [2.75, 3.05) is 11.4 Å². The van der Waals surface area contributed by atoms with Crippen LogP contribution in [0.15, 0.2) is 28.8 Å². The predicted molar refractivity (Wildman–Crippen MR) is 111 cm³/mol. The van der Waals surface area contributed by atoms with Gasteiger partial charge in [-0.05, 0) is 36.8 Å². The zero-order valence-corrected chi connectivity index (χ0v) is 17.7. The van der Waals surface area contributed by atoms with E-state index in [1.807, 2.05) is 23.1 Å². The second-order valence-electron chi connectivity index (χ2n) is 8.68. The van der Waals surface area contributed by atoms with Gasteiger partial charge in [0.05, 0.1) is 11.8 Å². The zero-order valence-electron chi connectivity index (χ0n) is 17.7. The van der Waals surface area contributed by atoms with Gasteiger partial charge in [0.2, 0.25) is 5.91 Å². The van der Waals surface area contributed by atoms with Crippen molar-refractivity contribution in [1.29, 1.82) is 0 Å². The molecule has 0 spiro atoms. The van der Waals surface area contributed by atoms with Gasteiger partial charge in [-0.2, -0.15) is 4.98 Å². The summed E-state index contributed by atoms with van der Waals surface area (Å²) in [7, 11) is 0. The van der Waals surface area contributed by atoms with Crippen molar-refractivity contribution >= 4 is 17.6 Å². The van der Waals surface area contributed by atoms with E-state index in [0.717, 1.165) is 31.4 Å². The van der Waals surface area contributed by atoms with Crippen LogP contribution in [0.3, 0.4) is 0 Å². The van der Waals surface area contributed by atoms with Crippen LogP contribution in [0.1, 0.15) is 56.8 Å². The highest BCUT2D eigenvalue weighted by molar-refractivity contribution is 5.99. The fourth-order valence-corrected chi connectivity index (χ4v) is 4.51. The normalized spacial score (nSPS) is 21.0. The average molecular weight is 412 g/mol. The van der Waals surface area contributed by atoms with E-state index >= 15 is 0 Å². The molecule has 1 saturated carbocycles. The third-order valence-corrected chi connectivity index (χ3v) is 5.98. The maximum absolute atomic E-state index is 13.3. The molecule has 1 fully saturated rings. The third-order valence-electron chi connectivity index (χ3n) is 5.98. The number of hydrogen-bond donors (Lipinski definition) is 0. The Kier molecular flexibility index (Phi) is 6.16. The van der Waals surface area contributed by atoms with E-state index in [-0.39, 0.29) is 24.4 Å². The molecule has 2 heterocycles. The molecule has 0 saturated heterocycles. The Balaban J connectivity index is 1.40. The van der Waals surface area contributed by atoms with Gasteiger partial charge >= 0.3 is 5.97 Å². The number of esters is 1. The highest BCUT2D eigenvalue weighted by Gasteiger charge is 2.40. The lowest BCUT2D eigenvalue weighted by Gasteiger charge is -2.32. The number of fused-ring (bicyclic) bond motifs is 1. The molecule has 1 amide bonds. The smallest absolute Gasteiger partial charge is 0.310 e. The quantitative estimate of drug-likeness (QED) is 0.674. The first-order chi connectivity index (χ1) is 14.5. The first kappa shape index (κ1) is 20.6. The molecule has 1 aliphatic heterocycles. The van der Waals surface area contributed by atoms with Crippen LogP contribution in [0.4, 0.5) is 5.69 Å². The molecule has 2 atom stereocenters. The van der Waals surface area contributed by atoms with E-state index < -0.39 is 5.92 Å². The Morgan fingerprint density at radius 1 is 1.20 bits per heavy atom. The van der Waals surface area contributed by atoms with Crippen molar-refractivity contribution in [2.24, 2.45) is 17.8 Å². The highest BCUT2D eigenvalue weighted by Crippen LogP contribution is 2.36. The molecular weight excluding hydrogens is 382 g/mol. The molecule has 2 unspecified atom stereocenters. The Morgan fingerprint density at radius 2 is 1.97 bits per heavy atom. The van der Waals surface area contributed by atoms with Gasteiger partial charge in [0, 0.05) is 18.7 Å². The van der Waals surface area contributed by atoms with Crippen LogP contribution in [0, 0.1) is 17.8 Å². The Hall–Kier alpha value is -2.70. The predicted octanol–water partition coefficient (Wildman–Crippen LogP) is 3.71. The van der Waals surface area contributed by atoms with Crippen molar-refractivity contribution in [2.45, 2.75) is 59.0 Å². The lowest BCUT2D eigenvalue weighted by atomic mass is 9.78. The SMILES string of the molecule is CC(C)Cc1noc(COC(=O)C2CCCCC2C(=O)N2CCc3ccccc32)n1. The van der Waals surface area contributed by atoms with Crippen LogP contribution < -0.4 is 4.90 Å². The summed E-state index contributed by atoms with van der Waals surface area (Å²) in [6.45, 7) is 4.79. The molecule has 1 aromatic carbocycles. The van der Waals surface area contributed by atoms with E-state index in [1.54, 1.807) is 0 Å². The summed E-state index contributed by atoms with van der Waals surface area (Å²) in [5.41, 5.74) is 2.16. The second kappa shape index (κ2) is 8.98. The Morgan fingerprint density at radius 3 is 2.77 bits per heavy atom. The van der Waals surface area contributed by atoms with Crippen molar-refractivity contribution in [3.63, 3.8) is 0 Å². The lowest BCUT2D eigenvalue weighted by molar-refractivity contribution is -0.156. The minimum absolute atomic E-state index is 0.0404. The monoisotopic (exact) mass is 411 g/mol. The summed E-state index contributed by atoms with van der Waals surface area (Å²) in [6.07, 6.45) is 4.86. The third kappa shape index (κ3) is 4.40. The summed E-state index contributed by atoms with van der Waals surface area (Å²) in [5, 5.41) is 3.93. The molecule has 2 aromatic rings. The second-order valence-corrected chi connectivity index (χ2v) is 8.68. The molecule has 4 rings (SSSR count). The van der Waals surface area contributed by atoms with E-state index in [0.29, 0.717) is 37.0 Å².